The van der Waals surface area contributed by atoms with Crippen LogP contribution in [0.4, 0.5) is 5.69 Å². The Balaban J connectivity index is 1.61. The van der Waals surface area contributed by atoms with Crippen molar-refractivity contribution in [2.45, 2.75) is 26.1 Å². The minimum Gasteiger partial charge on any atom is -0.466 e. The Kier molecular flexibility index (Phi) is 4.95. The number of ether oxygens (including phenoxy) is 3. The summed E-state index contributed by atoms with van der Waals surface area (Å²) in [6.07, 6.45) is 1.45. The van der Waals surface area contributed by atoms with Gasteiger partial charge in [0.1, 0.15) is 0 Å². The first-order valence-corrected chi connectivity index (χ1v) is 8.02. The highest BCUT2D eigenvalue weighted by Crippen LogP contribution is 2.29. The Labute approximate surface area is 131 Å². The first kappa shape index (κ1) is 15.3. The van der Waals surface area contributed by atoms with Crippen LogP contribution in [0.1, 0.15) is 31.6 Å². The SMILES string of the molecule is CCOC(=O)C1CCN(c2cccc(C3OCCO3)c2)CC1. The maximum atomic E-state index is 11.8. The monoisotopic (exact) mass is 305 g/mol. The van der Waals surface area contributed by atoms with Gasteiger partial charge in [-0.15, -0.1) is 0 Å². The maximum absolute atomic E-state index is 11.8. The Morgan fingerprint density at radius 1 is 1.27 bits per heavy atom. The highest BCUT2D eigenvalue weighted by atomic mass is 16.7. The number of carbonyl (C=O) groups excluding carboxylic acids is 1. The zero-order valence-corrected chi connectivity index (χ0v) is 13.0. The van der Waals surface area contributed by atoms with Gasteiger partial charge in [0, 0.05) is 24.3 Å². The van der Waals surface area contributed by atoms with Crippen molar-refractivity contribution in [1.82, 2.24) is 0 Å². The molecule has 2 aliphatic rings. The molecule has 0 aliphatic carbocycles. The quantitative estimate of drug-likeness (QED) is 0.800. The van der Waals surface area contributed by atoms with Gasteiger partial charge in [-0.05, 0) is 31.9 Å². The molecule has 120 valence electrons. The Morgan fingerprint density at radius 2 is 2.00 bits per heavy atom. The van der Waals surface area contributed by atoms with Gasteiger partial charge in [0.15, 0.2) is 6.29 Å². The molecule has 5 nitrogen and oxygen atoms in total. The van der Waals surface area contributed by atoms with Crippen molar-refractivity contribution < 1.29 is 19.0 Å². The molecule has 0 atom stereocenters. The summed E-state index contributed by atoms with van der Waals surface area (Å²) >= 11 is 0. The maximum Gasteiger partial charge on any atom is 0.309 e. The van der Waals surface area contributed by atoms with E-state index >= 15 is 0 Å². The van der Waals surface area contributed by atoms with E-state index in [2.05, 4.69) is 17.0 Å². The van der Waals surface area contributed by atoms with Crippen LogP contribution in [0.5, 0.6) is 0 Å². The lowest BCUT2D eigenvalue weighted by molar-refractivity contribution is -0.148. The summed E-state index contributed by atoms with van der Waals surface area (Å²) in [5.74, 6) is -0.00969. The molecule has 5 heteroatoms. The average Bonchev–Trinajstić information content (AvgIpc) is 3.10. The first-order valence-electron chi connectivity index (χ1n) is 8.02. The van der Waals surface area contributed by atoms with Crippen molar-refractivity contribution in [3.8, 4) is 0 Å². The van der Waals surface area contributed by atoms with Crippen molar-refractivity contribution in [3.05, 3.63) is 29.8 Å². The lowest BCUT2D eigenvalue weighted by Crippen LogP contribution is -2.37. The molecular weight excluding hydrogens is 282 g/mol. The van der Waals surface area contributed by atoms with Crippen molar-refractivity contribution in [2.24, 2.45) is 5.92 Å². The summed E-state index contributed by atoms with van der Waals surface area (Å²) in [7, 11) is 0. The fourth-order valence-electron chi connectivity index (χ4n) is 3.05. The Bertz CT molecular complexity index is 505. The van der Waals surface area contributed by atoms with E-state index in [9.17, 15) is 4.79 Å². The van der Waals surface area contributed by atoms with Gasteiger partial charge in [-0.2, -0.15) is 0 Å². The van der Waals surface area contributed by atoms with Gasteiger partial charge in [0.25, 0.3) is 0 Å². The normalized spacial score (nSPS) is 20.3. The van der Waals surface area contributed by atoms with Gasteiger partial charge in [-0.25, -0.2) is 0 Å². The minimum absolute atomic E-state index is 0.0425. The lowest BCUT2D eigenvalue weighted by atomic mass is 9.96. The third kappa shape index (κ3) is 3.42. The summed E-state index contributed by atoms with van der Waals surface area (Å²) in [6, 6.07) is 8.29. The summed E-state index contributed by atoms with van der Waals surface area (Å²) in [5, 5.41) is 0. The fraction of sp³-hybridized carbons (Fsp3) is 0.588. The summed E-state index contributed by atoms with van der Waals surface area (Å²) in [6.45, 7) is 5.37. The van der Waals surface area contributed by atoms with Crippen LogP contribution in [0, 0.1) is 5.92 Å². The zero-order chi connectivity index (χ0) is 15.4. The molecule has 22 heavy (non-hydrogen) atoms. The third-order valence-corrected chi connectivity index (χ3v) is 4.24. The number of benzene rings is 1. The molecule has 3 rings (SSSR count). The van der Waals surface area contributed by atoms with Gasteiger partial charge in [0.2, 0.25) is 0 Å². The van der Waals surface area contributed by atoms with Crippen molar-refractivity contribution in [1.29, 1.82) is 0 Å². The molecule has 2 heterocycles. The second-order valence-corrected chi connectivity index (χ2v) is 5.68. The molecular formula is C17H23NO4. The summed E-state index contributed by atoms with van der Waals surface area (Å²) in [4.78, 5) is 14.1. The number of carbonyl (C=O) groups is 1. The van der Waals surface area contributed by atoms with Gasteiger partial charge >= 0.3 is 5.97 Å². The molecule has 0 saturated carbocycles. The van der Waals surface area contributed by atoms with Crippen LogP contribution in [0.25, 0.3) is 0 Å². The van der Waals surface area contributed by atoms with Crippen LogP contribution in [-0.4, -0.2) is 38.9 Å². The molecule has 0 bridgehead atoms. The highest BCUT2D eigenvalue weighted by molar-refractivity contribution is 5.72. The van der Waals surface area contributed by atoms with Crippen LogP contribution in [-0.2, 0) is 19.0 Å². The molecule has 0 amide bonds. The Hall–Kier alpha value is -1.59. The molecule has 0 unspecified atom stereocenters. The molecule has 0 radical (unpaired) electrons. The average molecular weight is 305 g/mol. The second-order valence-electron chi connectivity index (χ2n) is 5.68. The molecule has 2 saturated heterocycles. The van der Waals surface area contributed by atoms with Gasteiger partial charge in [-0.3, -0.25) is 4.79 Å². The highest BCUT2D eigenvalue weighted by Gasteiger charge is 2.26. The van der Waals surface area contributed by atoms with Crippen LogP contribution in [0.3, 0.4) is 0 Å². The van der Waals surface area contributed by atoms with Crippen molar-refractivity contribution in [3.63, 3.8) is 0 Å². The number of hydrogen-bond acceptors (Lipinski definition) is 5. The second kappa shape index (κ2) is 7.11. The van der Waals surface area contributed by atoms with E-state index in [4.69, 9.17) is 14.2 Å². The van der Waals surface area contributed by atoms with E-state index in [1.807, 2.05) is 19.1 Å². The van der Waals surface area contributed by atoms with Gasteiger partial charge < -0.3 is 19.1 Å². The number of rotatable bonds is 4. The number of anilines is 1. The number of esters is 1. The van der Waals surface area contributed by atoms with E-state index in [-0.39, 0.29) is 18.2 Å². The summed E-state index contributed by atoms with van der Waals surface area (Å²) in [5.41, 5.74) is 2.22. The van der Waals surface area contributed by atoms with Gasteiger partial charge in [0.05, 0.1) is 25.7 Å². The van der Waals surface area contributed by atoms with Crippen LogP contribution in [0.15, 0.2) is 24.3 Å². The fourth-order valence-corrected chi connectivity index (χ4v) is 3.05. The molecule has 0 N–H and O–H groups in total. The largest absolute Gasteiger partial charge is 0.466 e. The molecule has 0 aromatic heterocycles. The van der Waals surface area contributed by atoms with E-state index in [1.54, 1.807) is 0 Å². The van der Waals surface area contributed by atoms with E-state index in [0.717, 1.165) is 31.5 Å². The topological polar surface area (TPSA) is 48.0 Å². The van der Waals surface area contributed by atoms with Crippen molar-refractivity contribution >= 4 is 11.7 Å². The standard InChI is InChI=1S/C17H23NO4/c1-2-20-16(19)13-6-8-18(9-7-13)15-5-3-4-14(12-15)17-21-10-11-22-17/h3-5,12-13,17H,2,6-11H2,1H3. The predicted molar refractivity (Wildman–Crippen MR) is 82.7 cm³/mol. The molecule has 1 aromatic rings. The number of hydrogen-bond donors (Lipinski definition) is 0. The number of piperidine rings is 1. The lowest BCUT2D eigenvalue weighted by Gasteiger charge is -2.33. The van der Waals surface area contributed by atoms with E-state index in [1.165, 1.54) is 5.69 Å². The first-order chi connectivity index (χ1) is 10.8. The van der Waals surface area contributed by atoms with Crippen LogP contribution < -0.4 is 4.90 Å². The van der Waals surface area contributed by atoms with E-state index in [0.29, 0.717) is 19.8 Å². The predicted octanol–water partition coefficient (Wildman–Crippen LogP) is 2.51. The molecule has 1 aromatic carbocycles. The molecule has 2 fully saturated rings. The smallest absolute Gasteiger partial charge is 0.309 e. The molecule has 0 spiro atoms. The van der Waals surface area contributed by atoms with Crippen molar-refractivity contribution in [2.75, 3.05) is 37.8 Å². The third-order valence-electron chi connectivity index (χ3n) is 4.24. The Morgan fingerprint density at radius 3 is 2.68 bits per heavy atom. The van der Waals surface area contributed by atoms with Gasteiger partial charge in [-0.1, -0.05) is 12.1 Å². The summed E-state index contributed by atoms with van der Waals surface area (Å²) < 4.78 is 16.2. The minimum atomic E-state index is -0.239. The van der Waals surface area contributed by atoms with Crippen LogP contribution in [0.2, 0.25) is 0 Å². The van der Waals surface area contributed by atoms with Crippen LogP contribution >= 0.6 is 0 Å². The number of nitrogens with zero attached hydrogens (tertiary/aromatic N) is 1. The zero-order valence-electron chi connectivity index (χ0n) is 13.0. The van der Waals surface area contributed by atoms with E-state index < -0.39 is 0 Å². The molecule has 2 aliphatic heterocycles.